The maximum absolute atomic E-state index is 13.4. The summed E-state index contributed by atoms with van der Waals surface area (Å²) in [5.41, 5.74) is 2.73. The molecule has 1 unspecified atom stereocenters. The molecule has 1 amide bonds. The summed E-state index contributed by atoms with van der Waals surface area (Å²) in [5.74, 6) is -1.10. The van der Waals surface area contributed by atoms with Crippen molar-refractivity contribution in [3.63, 3.8) is 0 Å². The van der Waals surface area contributed by atoms with Crippen molar-refractivity contribution in [2.45, 2.75) is 25.3 Å². The van der Waals surface area contributed by atoms with Gasteiger partial charge in [-0.15, -0.1) is 0 Å². The first-order valence-electron chi connectivity index (χ1n) is 11.9. The van der Waals surface area contributed by atoms with E-state index >= 15 is 0 Å². The highest BCUT2D eigenvalue weighted by Gasteiger charge is 2.47. The lowest BCUT2D eigenvalue weighted by Crippen LogP contribution is -2.30. The molecule has 3 aromatic rings. The fourth-order valence-electron chi connectivity index (χ4n) is 4.90. The number of carbonyl (C=O) groups is 2. The topological polar surface area (TPSA) is 83.0 Å². The van der Waals surface area contributed by atoms with Crippen LogP contribution in [-0.2, 0) is 9.59 Å². The summed E-state index contributed by atoms with van der Waals surface area (Å²) in [5, 5.41) is 11.3. The van der Waals surface area contributed by atoms with Gasteiger partial charge in [0.05, 0.1) is 23.2 Å². The van der Waals surface area contributed by atoms with E-state index in [4.69, 9.17) is 4.74 Å². The van der Waals surface area contributed by atoms with E-state index in [0.717, 1.165) is 18.8 Å². The Labute approximate surface area is 218 Å². The number of carbonyl (C=O) groups excluding carboxylic acids is 2. The van der Waals surface area contributed by atoms with E-state index < -0.39 is 17.7 Å². The van der Waals surface area contributed by atoms with Crippen LogP contribution in [-0.4, -0.2) is 42.0 Å². The Bertz CT molecular complexity index is 1320. The number of halogens is 1. The minimum Gasteiger partial charge on any atom is -0.507 e. The molecule has 184 valence electrons. The molecule has 3 heterocycles. The minimum atomic E-state index is -0.819. The van der Waals surface area contributed by atoms with Gasteiger partial charge in [-0.25, -0.2) is 0 Å². The highest BCUT2D eigenvalue weighted by molar-refractivity contribution is 9.10. The van der Waals surface area contributed by atoms with Crippen LogP contribution in [0.25, 0.3) is 5.76 Å². The van der Waals surface area contributed by atoms with E-state index in [2.05, 4.69) is 25.8 Å². The standard InChI is InChI=1S/C28H26BrN3O4/c1-36-23-12-7-18(16-22(23)29)26(33)24-25(19-6-5-13-30-17-19)32(28(35)27(24)34)21-10-8-20(9-11-21)31-14-3-2-4-15-31/h5-13,16-17,25,33H,2-4,14-15H2,1H3/b26-24-. The molecule has 1 N–H and O–H groups in total. The third-order valence-corrected chi connectivity index (χ3v) is 7.34. The first kappa shape index (κ1) is 24.1. The van der Waals surface area contributed by atoms with Crippen molar-refractivity contribution in [2.24, 2.45) is 0 Å². The summed E-state index contributed by atoms with van der Waals surface area (Å²) in [6.45, 7) is 2.02. The van der Waals surface area contributed by atoms with E-state index in [9.17, 15) is 14.7 Å². The van der Waals surface area contributed by atoms with Gasteiger partial charge in [0.1, 0.15) is 11.5 Å². The number of ketones is 1. The molecule has 0 radical (unpaired) electrons. The number of methoxy groups -OCH3 is 1. The van der Waals surface area contributed by atoms with Gasteiger partial charge in [-0.1, -0.05) is 6.07 Å². The van der Waals surface area contributed by atoms with Crippen LogP contribution >= 0.6 is 15.9 Å². The Morgan fingerprint density at radius 1 is 1.03 bits per heavy atom. The summed E-state index contributed by atoms with van der Waals surface area (Å²) in [6.07, 6.45) is 6.82. The number of benzene rings is 2. The van der Waals surface area contributed by atoms with Gasteiger partial charge in [0.2, 0.25) is 0 Å². The third kappa shape index (κ3) is 4.37. The van der Waals surface area contributed by atoms with Gasteiger partial charge in [-0.05, 0) is 89.3 Å². The number of rotatable bonds is 5. The molecular formula is C28H26BrN3O4. The van der Waals surface area contributed by atoms with E-state index in [1.807, 2.05) is 24.3 Å². The molecule has 0 saturated carbocycles. The van der Waals surface area contributed by atoms with Crippen molar-refractivity contribution < 1.29 is 19.4 Å². The molecule has 2 fully saturated rings. The summed E-state index contributed by atoms with van der Waals surface area (Å²) in [6, 6.07) is 15.4. The number of Topliss-reactive ketones (excluding diaryl/α,β-unsaturated/α-hetero) is 1. The third-order valence-electron chi connectivity index (χ3n) is 6.72. The van der Waals surface area contributed by atoms with Crippen molar-refractivity contribution >= 4 is 44.8 Å². The second kappa shape index (κ2) is 10.1. The number of anilines is 2. The number of aliphatic hydroxyl groups is 1. The minimum absolute atomic E-state index is 0.0187. The first-order valence-corrected chi connectivity index (χ1v) is 12.7. The second-order valence-electron chi connectivity index (χ2n) is 8.87. The summed E-state index contributed by atoms with van der Waals surface area (Å²) in [7, 11) is 1.55. The zero-order chi connectivity index (χ0) is 25.2. The van der Waals surface area contributed by atoms with Crippen molar-refractivity contribution in [1.82, 2.24) is 4.98 Å². The highest BCUT2D eigenvalue weighted by Crippen LogP contribution is 2.43. The lowest BCUT2D eigenvalue weighted by atomic mass is 9.96. The average Bonchev–Trinajstić information content (AvgIpc) is 3.19. The lowest BCUT2D eigenvalue weighted by molar-refractivity contribution is -0.132. The number of aromatic nitrogens is 1. The van der Waals surface area contributed by atoms with Crippen LogP contribution in [0, 0.1) is 0 Å². The fourth-order valence-corrected chi connectivity index (χ4v) is 5.44. The number of hydrogen-bond acceptors (Lipinski definition) is 6. The molecule has 1 atom stereocenters. The van der Waals surface area contributed by atoms with Crippen LogP contribution in [0.5, 0.6) is 5.75 Å². The molecule has 2 aromatic carbocycles. The average molecular weight is 548 g/mol. The Hall–Kier alpha value is -3.65. The second-order valence-corrected chi connectivity index (χ2v) is 9.72. The van der Waals surface area contributed by atoms with Gasteiger partial charge in [0, 0.05) is 42.4 Å². The van der Waals surface area contributed by atoms with Gasteiger partial charge in [0.25, 0.3) is 11.7 Å². The van der Waals surface area contributed by atoms with Gasteiger partial charge in [-0.2, -0.15) is 0 Å². The smallest absolute Gasteiger partial charge is 0.300 e. The highest BCUT2D eigenvalue weighted by atomic mass is 79.9. The molecule has 5 rings (SSSR count). The molecule has 7 nitrogen and oxygen atoms in total. The van der Waals surface area contributed by atoms with Crippen molar-refractivity contribution in [1.29, 1.82) is 0 Å². The van der Waals surface area contributed by atoms with E-state index in [1.54, 1.807) is 49.8 Å². The molecule has 0 aliphatic carbocycles. The number of pyridine rings is 1. The van der Waals surface area contributed by atoms with Crippen molar-refractivity contribution in [2.75, 3.05) is 30.0 Å². The molecule has 1 aromatic heterocycles. The van der Waals surface area contributed by atoms with Crippen molar-refractivity contribution in [3.8, 4) is 5.75 Å². The Morgan fingerprint density at radius 3 is 2.39 bits per heavy atom. The number of ether oxygens (including phenoxy) is 1. The predicted octanol–water partition coefficient (Wildman–Crippen LogP) is 5.47. The maximum atomic E-state index is 13.4. The number of piperidine rings is 1. The van der Waals surface area contributed by atoms with Crippen LogP contribution in [0.15, 0.2) is 77.0 Å². The summed E-state index contributed by atoms with van der Waals surface area (Å²) < 4.78 is 5.90. The van der Waals surface area contributed by atoms with Gasteiger partial charge in [-0.3, -0.25) is 19.5 Å². The fraction of sp³-hybridized carbons (Fsp3) is 0.250. The number of nitrogens with zero attached hydrogens (tertiary/aromatic N) is 3. The largest absolute Gasteiger partial charge is 0.507 e. The van der Waals surface area contributed by atoms with Gasteiger partial charge in [0.15, 0.2) is 0 Å². The lowest BCUT2D eigenvalue weighted by Gasteiger charge is -2.30. The molecule has 2 aliphatic heterocycles. The SMILES string of the molecule is COc1ccc(/C(O)=C2/C(=O)C(=O)N(c3ccc(N4CCCCC4)cc3)C2c2cccnc2)cc1Br. The zero-order valence-corrected chi connectivity index (χ0v) is 21.4. The Kier molecular flexibility index (Phi) is 6.78. The molecule has 8 heteroatoms. The Balaban J connectivity index is 1.59. The quantitative estimate of drug-likeness (QED) is 0.259. The summed E-state index contributed by atoms with van der Waals surface area (Å²) in [4.78, 5) is 34.7. The van der Waals surface area contributed by atoms with E-state index in [0.29, 0.717) is 27.0 Å². The zero-order valence-electron chi connectivity index (χ0n) is 19.9. The first-order chi connectivity index (χ1) is 17.5. The normalized spacial score (nSPS) is 19.6. The predicted molar refractivity (Wildman–Crippen MR) is 142 cm³/mol. The van der Waals surface area contributed by atoms with Crippen LogP contribution in [0.1, 0.15) is 36.4 Å². The molecule has 2 aliphatic rings. The van der Waals surface area contributed by atoms with Crippen LogP contribution < -0.4 is 14.5 Å². The van der Waals surface area contributed by atoms with E-state index in [1.165, 1.54) is 24.2 Å². The monoisotopic (exact) mass is 547 g/mol. The summed E-state index contributed by atoms with van der Waals surface area (Å²) >= 11 is 3.42. The van der Waals surface area contributed by atoms with Crippen LogP contribution in [0.2, 0.25) is 0 Å². The molecule has 2 saturated heterocycles. The number of aliphatic hydroxyl groups excluding tert-OH is 1. The van der Waals surface area contributed by atoms with Gasteiger partial charge >= 0.3 is 0 Å². The Morgan fingerprint density at radius 2 is 1.75 bits per heavy atom. The molecule has 0 spiro atoms. The van der Waals surface area contributed by atoms with Crippen LogP contribution in [0.4, 0.5) is 11.4 Å². The van der Waals surface area contributed by atoms with Gasteiger partial charge < -0.3 is 14.7 Å². The molecular weight excluding hydrogens is 522 g/mol. The van der Waals surface area contributed by atoms with Crippen molar-refractivity contribution in [3.05, 3.63) is 88.2 Å². The molecule has 36 heavy (non-hydrogen) atoms. The molecule has 0 bridgehead atoms. The number of amides is 1. The number of hydrogen-bond donors (Lipinski definition) is 1. The maximum Gasteiger partial charge on any atom is 0.300 e. The van der Waals surface area contributed by atoms with Crippen LogP contribution in [0.3, 0.4) is 0 Å². The van der Waals surface area contributed by atoms with E-state index in [-0.39, 0.29) is 11.3 Å².